The molecule has 0 aromatic heterocycles. The van der Waals surface area contributed by atoms with Crippen molar-refractivity contribution in [1.82, 2.24) is 10.2 Å². The van der Waals surface area contributed by atoms with E-state index in [0.717, 1.165) is 0 Å². The Morgan fingerprint density at radius 1 is 1.19 bits per heavy atom. The quantitative estimate of drug-likeness (QED) is 0.907. The van der Waals surface area contributed by atoms with E-state index in [2.05, 4.69) is 5.32 Å². The zero-order valence-electron chi connectivity index (χ0n) is 11.5. The number of piperazine rings is 1. The van der Waals surface area contributed by atoms with Crippen LogP contribution in [0.5, 0.6) is 5.75 Å². The van der Waals surface area contributed by atoms with Crippen LogP contribution < -0.4 is 10.1 Å². The summed E-state index contributed by atoms with van der Waals surface area (Å²) in [6.07, 6.45) is -2.52. The summed E-state index contributed by atoms with van der Waals surface area (Å²) in [7, 11) is 1.32. The number of ether oxygens (including phenoxy) is 1. The van der Waals surface area contributed by atoms with Crippen LogP contribution >= 0.6 is 24.8 Å². The molecule has 0 saturated carbocycles. The second-order valence-electron chi connectivity index (χ2n) is 4.46. The van der Waals surface area contributed by atoms with Crippen LogP contribution in [0.1, 0.15) is 11.6 Å². The van der Waals surface area contributed by atoms with Crippen molar-refractivity contribution in [3.63, 3.8) is 0 Å². The smallest absolute Gasteiger partial charge is 0.258 e. The van der Waals surface area contributed by atoms with Gasteiger partial charge in [-0.05, 0) is 17.7 Å². The third-order valence-electron chi connectivity index (χ3n) is 3.30. The number of halogens is 5. The van der Waals surface area contributed by atoms with Crippen molar-refractivity contribution in [2.24, 2.45) is 0 Å². The first kappa shape index (κ1) is 20.3. The first-order valence-electron chi connectivity index (χ1n) is 6.20. The summed E-state index contributed by atoms with van der Waals surface area (Å²) >= 11 is 0. The van der Waals surface area contributed by atoms with E-state index in [1.54, 1.807) is 4.90 Å². The van der Waals surface area contributed by atoms with Gasteiger partial charge in [-0.1, -0.05) is 6.07 Å². The molecule has 0 radical (unpaired) electrons. The minimum atomic E-state index is -2.52. The Balaban J connectivity index is 0.00000200. The van der Waals surface area contributed by atoms with Crippen LogP contribution in [-0.2, 0) is 0 Å². The number of nitrogens with one attached hydrogen (secondary N) is 1. The third kappa shape index (κ3) is 4.92. The van der Waals surface area contributed by atoms with Crippen molar-refractivity contribution in [3.8, 4) is 5.75 Å². The summed E-state index contributed by atoms with van der Waals surface area (Å²) in [5.74, 6) is -0.544. The average Bonchev–Trinajstić information content (AvgIpc) is 2.41. The van der Waals surface area contributed by atoms with Crippen LogP contribution in [0.3, 0.4) is 0 Å². The molecule has 1 aliphatic heterocycles. The van der Waals surface area contributed by atoms with Gasteiger partial charge < -0.3 is 10.1 Å². The van der Waals surface area contributed by atoms with Crippen molar-refractivity contribution in [3.05, 3.63) is 29.6 Å². The predicted octanol–water partition coefficient (Wildman–Crippen LogP) is 2.89. The maximum atomic E-state index is 13.3. The van der Waals surface area contributed by atoms with Gasteiger partial charge in [0.2, 0.25) is 0 Å². The van der Waals surface area contributed by atoms with Crippen molar-refractivity contribution in [2.75, 3.05) is 33.3 Å². The highest BCUT2D eigenvalue weighted by atomic mass is 35.5. The Labute approximate surface area is 134 Å². The molecule has 1 fully saturated rings. The van der Waals surface area contributed by atoms with E-state index in [1.165, 1.54) is 25.3 Å². The zero-order valence-corrected chi connectivity index (χ0v) is 13.2. The molecular formula is C13H19Cl2F3N2O. The van der Waals surface area contributed by atoms with Crippen LogP contribution in [0.15, 0.2) is 18.2 Å². The minimum Gasteiger partial charge on any atom is -0.494 e. The van der Waals surface area contributed by atoms with Gasteiger partial charge in [0, 0.05) is 26.2 Å². The van der Waals surface area contributed by atoms with Crippen LogP contribution in [0, 0.1) is 5.82 Å². The Bertz CT molecular complexity index is 432. The average molecular weight is 347 g/mol. The minimum absolute atomic E-state index is 0. The van der Waals surface area contributed by atoms with E-state index in [9.17, 15) is 13.2 Å². The van der Waals surface area contributed by atoms with Crippen molar-refractivity contribution in [2.45, 2.75) is 12.5 Å². The molecule has 0 amide bonds. The molecule has 3 nitrogen and oxygen atoms in total. The molecule has 0 aliphatic carbocycles. The molecule has 1 saturated heterocycles. The lowest BCUT2D eigenvalue weighted by atomic mass is 10.0. The van der Waals surface area contributed by atoms with E-state index in [1.807, 2.05) is 0 Å². The molecule has 122 valence electrons. The van der Waals surface area contributed by atoms with Crippen LogP contribution in [0.25, 0.3) is 0 Å². The largest absolute Gasteiger partial charge is 0.494 e. The first-order chi connectivity index (χ1) is 9.13. The Morgan fingerprint density at radius 2 is 1.81 bits per heavy atom. The lowest BCUT2D eigenvalue weighted by molar-refractivity contribution is 0.0180. The molecule has 8 heteroatoms. The van der Waals surface area contributed by atoms with E-state index >= 15 is 0 Å². The van der Waals surface area contributed by atoms with E-state index < -0.39 is 18.3 Å². The molecule has 1 aromatic rings. The summed E-state index contributed by atoms with van der Waals surface area (Å²) < 4.78 is 44.8. The van der Waals surface area contributed by atoms with Gasteiger partial charge in [0.15, 0.2) is 11.6 Å². The topological polar surface area (TPSA) is 24.5 Å². The molecule has 1 aliphatic rings. The summed E-state index contributed by atoms with van der Waals surface area (Å²) in [6.45, 7) is 2.46. The number of benzene rings is 1. The molecule has 1 atom stereocenters. The van der Waals surface area contributed by atoms with Crippen LogP contribution in [0.4, 0.5) is 13.2 Å². The fourth-order valence-electron chi connectivity index (χ4n) is 2.34. The number of hydrogen-bond acceptors (Lipinski definition) is 3. The molecule has 2 rings (SSSR count). The fraction of sp³-hybridized carbons (Fsp3) is 0.538. The molecule has 1 heterocycles. The van der Waals surface area contributed by atoms with Crippen molar-refractivity contribution in [1.29, 1.82) is 0 Å². The molecule has 0 bridgehead atoms. The van der Waals surface area contributed by atoms with Crippen LogP contribution in [-0.4, -0.2) is 44.6 Å². The van der Waals surface area contributed by atoms with E-state index in [0.29, 0.717) is 31.7 Å². The maximum Gasteiger partial charge on any atom is 0.258 e. The zero-order chi connectivity index (χ0) is 13.8. The van der Waals surface area contributed by atoms with Crippen LogP contribution in [0.2, 0.25) is 0 Å². The Morgan fingerprint density at radius 3 is 2.33 bits per heavy atom. The highest BCUT2D eigenvalue weighted by Gasteiger charge is 2.30. The SMILES string of the molecule is COc1cc([C@H](C(F)F)N2CCNCC2)ccc1F.Cl.Cl. The molecular weight excluding hydrogens is 328 g/mol. The van der Waals surface area contributed by atoms with Gasteiger partial charge in [-0.2, -0.15) is 0 Å². The standard InChI is InChI=1S/C13H17F3N2O.2ClH/c1-19-11-8-9(2-3-10(11)14)12(13(15)16)18-6-4-17-5-7-18;;/h2-3,8,12-13,17H,4-7H2,1H3;2*1H/t12-;;/m1../s1. The van der Waals surface area contributed by atoms with E-state index in [-0.39, 0.29) is 30.6 Å². The number of hydrogen-bond donors (Lipinski definition) is 1. The summed E-state index contributed by atoms with van der Waals surface area (Å²) in [4.78, 5) is 1.72. The molecule has 1 N–H and O–H groups in total. The van der Waals surface area contributed by atoms with Gasteiger partial charge in [-0.25, -0.2) is 13.2 Å². The number of methoxy groups -OCH3 is 1. The molecule has 21 heavy (non-hydrogen) atoms. The molecule has 0 unspecified atom stereocenters. The maximum absolute atomic E-state index is 13.3. The summed E-state index contributed by atoms with van der Waals surface area (Å²) in [6, 6.07) is 2.91. The summed E-state index contributed by atoms with van der Waals surface area (Å²) in [5.41, 5.74) is 0.384. The van der Waals surface area contributed by atoms with E-state index in [4.69, 9.17) is 4.74 Å². The fourth-order valence-corrected chi connectivity index (χ4v) is 2.34. The predicted molar refractivity (Wildman–Crippen MR) is 80.6 cm³/mol. The van der Waals surface area contributed by atoms with Gasteiger partial charge in [-0.3, -0.25) is 4.90 Å². The normalized spacial score (nSPS) is 16.8. The highest BCUT2D eigenvalue weighted by molar-refractivity contribution is 5.85. The Hall–Kier alpha value is -0.690. The van der Waals surface area contributed by atoms with Gasteiger partial charge in [0.1, 0.15) is 0 Å². The third-order valence-corrected chi connectivity index (χ3v) is 3.30. The van der Waals surface area contributed by atoms with Gasteiger partial charge in [0.25, 0.3) is 6.43 Å². The van der Waals surface area contributed by atoms with Gasteiger partial charge >= 0.3 is 0 Å². The first-order valence-corrected chi connectivity index (χ1v) is 6.20. The van der Waals surface area contributed by atoms with Crippen molar-refractivity contribution >= 4 is 24.8 Å². The monoisotopic (exact) mass is 346 g/mol. The second kappa shape index (κ2) is 9.35. The van der Waals surface area contributed by atoms with Crippen molar-refractivity contribution < 1.29 is 17.9 Å². The number of nitrogens with zero attached hydrogens (tertiary/aromatic N) is 1. The Kier molecular flexibility index (Phi) is 9.04. The lowest BCUT2D eigenvalue weighted by Gasteiger charge is -2.34. The number of rotatable bonds is 4. The second-order valence-corrected chi connectivity index (χ2v) is 4.46. The highest BCUT2D eigenvalue weighted by Crippen LogP contribution is 2.31. The lowest BCUT2D eigenvalue weighted by Crippen LogP contribution is -2.46. The number of alkyl halides is 2. The molecule has 1 aromatic carbocycles. The summed E-state index contributed by atoms with van der Waals surface area (Å²) in [5, 5.41) is 3.12. The van der Waals surface area contributed by atoms with Gasteiger partial charge in [0.05, 0.1) is 13.2 Å². The van der Waals surface area contributed by atoms with Gasteiger partial charge in [-0.15, -0.1) is 24.8 Å². The molecule has 0 spiro atoms.